The number of likely N-dealkylation sites (tertiary alicyclic amines) is 1. The molecule has 1 atom stereocenters. The van der Waals surface area contributed by atoms with Crippen molar-refractivity contribution in [3.05, 3.63) is 65.5 Å². The summed E-state index contributed by atoms with van der Waals surface area (Å²) in [6.45, 7) is 3.13. The summed E-state index contributed by atoms with van der Waals surface area (Å²) in [4.78, 5) is 14.8. The Kier molecular flexibility index (Phi) is 6.82. The molecule has 5 heteroatoms. The molecule has 1 heterocycles. The van der Waals surface area contributed by atoms with E-state index in [4.69, 9.17) is 4.74 Å². The molecular formula is C22H27FN2O2. The number of carbonyl (C=O) groups excluding carboxylic acids is 1. The second-order valence-corrected chi connectivity index (χ2v) is 7.09. The zero-order valence-corrected chi connectivity index (χ0v) is 15.8. The van der Waals surface area contributed by atoms with Gasteiger partial charge in [0.1, 0.15) is 11.6 Å². The van der Waals surface area contributed by atoms with Crippen molar-refractivity contribution in [2.45, 2.75) is 25.8 Å². The first-order chi connectivity index (χ1) is 13.1. The fourth-order valence-corrected chi connectivity index (χ4v) is 3.53. The molecular weight excluding hydrogens is 343 g/mol. The molecule has 1 aliphatic heterocycles. The van der Waals surface area contributed by atoms with Crippen LogP contribution in [0.3, 0.4) is 0 Å². The lowest BCUT2D eigenvalue weighted by molar-refractivity contribution is -0.126. The first-order valence-electron chi connectivity index (χ1n) is 9.51. The third kappa shape index (κ3) is 5.79. The number of ether oxygens (including phenoxy) is 1. The van der Waals surface area contributed by atoms with E-state index in [-0.39, 0.29) is 17.6 Å². The van der Waals surface area contributed by atoms with Gasteiger partial charge in [-0.2, -0.15) is 0 Å². The molecule has 0 radical (unpaired) electrons. The molecule has 0 spiro atoms. The van der Waals surface area contributed by atoms with Gasteiger partial charge in [-0.3, -0.25) is 9.69 Å². The van der Waals surface area contributed by atoms with Gasteiger partial charge in [0.05, 0.1) is 13.0 Å². The Hall–Kier alpha value is -2.40. The van der Waals surface area contributed by atoms with Crippen molar-refractivity contribution >= 4 is 5.91 Å². The lowest BCUT2D eigenvalue weighted by Crippen LogP contribution is -2.43. The Morgan fingerprint density at radius 1 is 1.15 bits per heavy atom. The summed E-state index contributed by atoms with van der Waals surface area (Å²) in [6, 6.07) is 14.5. The topological polar surface area (TPSA) is 41.6 Å². The van der Waals surface area contributed by atoms with Crippen LogP contribution < -0.4 is 10.1 Å². The third-order valence-electron chi connectivity index (χ3n) is 5.07. The molecule has 2 aromatic rings. The fourth-order valence-electron chi connectivity index (χ4n) is 3.53. The minimum absolute atomic E-state index is 0.0232. The number of rotatable bonds is 7. The van der Waals surface area contributed by atoms with Gasteiger partial charge in [0, 0.05) is 19.6 Å². The Balaban J connectivity index is 1.44. The van der Waals surface area contributed by atoms with Crippen molar-refractivity contribution in [3.63, 3.8) is 0 Å². The molecule has 4 nitrogen and oxygen atoms in total. The van der Waals surface area contributed by atoms with E-state index in [0.29, 0.717) is 6.54 Å². The number of piperidine rings is 1. The summed E-state index contributed by atoms with van der Waals surface area (Å²) in [5.74, 6) is 0.778. The zero-order valence-electron chi connectivity index (χ0n) is 15.8. The van der Waals surface area contributed by atoms with E-state index in [1.807, 2.05) is 36.4 Å². The zero-order chi connectivity index (χ0) is 19.1. The van der Waals surface area contributed by atoms with Crippen LogP contribution in [0.15, 0.2) is 48.5 Å². The summed E-state index contributed by atoms with van der Waals surface area (Å²) in [5.41, 5.74) is 2.26. The summed E-state index contributed by atoms with van der Waals surface area (Å²) in [7, 11) is 1.65. The van der Waals surface area contributed by atoms with Crippen molar-refractivity contribution in [3.8, 4) is 5.75 Å². The van der Waals surface area contributed by atoms with E-state index < -0.39 is 0 Å². The van der Waals surface area contributed by atoms with E-state index in [0.717, 1.165) is 50.2 Å². The second kappa shape index (κ2) is 9.51. The van der Waals surface area contributed by atoms with Crippen molar-refractivity contribution in [1.82, 2.24) is 10.2 Å². The molecule has 1 saturated heterocycles. The first-order valence-corrected chi connectivity index (χ1v) is 9.51. The average molecular weight is 370 g/mol. The maximum absolute atomic E-state index is 13.0. The smallest absolute Gasteiger partial charge is 0.224 e. The van der Waals surface area contributed by atoms with Gasteiger partial charge < -0.3 is 10.1 Å². The van der Waals surface area contributed by atoms with E-state index in [1.54, 1.807) is 7.11 Å². The predicted octanol–water partition coefficient (Wildman–Crippen LogP) is 3.41. The van der Waals surface area contributed by atoms with Crippen molar-refractivity contribution < 1.29 is 13.9 Å². The van der Waals surface area contributed by atoms with E-state index >= 15 is 0 Å². The van der Waals surface area contributed by atoms with Gasteiger partial charge in [0.15, 0.2) is 0 Å². The number of nitrogens with zero attached hydrogens (tertiary/aromatic N) is 1. The van der Waals surface area contributed by atoms with Crippen LogP contribution >= 0.6 is 0 Å². The second-order valence-electron chi connectivity index (χ2n) is 7.09. The highest BCUT2D eigenvalue weighted by molar-refractivity contribution is 5.79. The van der Waals surface area contributed by atoms with Crippen LogP contribution in [0.1, 0.15) is 24.0 Å². The third-order valence-corrected chi connectivity index (χ3v) is 5.07. The number of carbonyl (C=O) groups is 1. The molecule has 0 bridgehead atoms. The Morgan fingerprint density at radius 3 is 2.56 bits per heavy atom. The summed E-state index contributed by atoms with van der Waals surface area (Å²) < 4.78 is 18.2. The summed E-state index contributed by atoms with van der Waals surface area (Å²) >= 11 is 0. The van der Waals surface area contributed by atoms with Crippen molar-refractivity contribution in [2.75, 3.05) is 26.7 Å². The number of halogens is 1. The lowest BCUT2D eigenvalue weighted by Gasteiger charge is -2.32. The Labute approximate surface area is 160 Å². The van der Waals surface area contributed by atoms with Crippen LogP contribution in [-0.4, -0.2) is 37.6 Å². The standard InChI is InChI=1S/C22H27FN2O2/c1-27-21-10-6-17(7-11-21)12-13-24-22(26)19-3-2-14-25(16-19)15-18-4-8-20(23)9-5-18/h4-11,19H,2-3,12-16H2,1H3,(H,24,26)/t19-/m1/s1. The number of hydrogen-bond donors (Lipinski definition) is 1. The normalized spacial score (nSPS) is 17.5. The molecule has 0 saturated carbocycles. The van der Waals surface area contributed by atoms with Crippen LogP contribution in [0.4, 0.5) is 4.39 Å². The van der Waals surface area contributed by atoms with E-state index in [9.17, 15) is 9.18 Å². The molecule has 0 aliphatic carbocycles. The minimum Gasteiger partial charge on any atom is -0.497 e. The molecule has 0 aromatic heterocycles. The molecule has 3 rings (SSSR count). The van der Waals surface area contributed by atoms with Crippen LogP contribution in [0, 0.1) is 11.7 Å². The maximum Gasteiger partial charge on any atom is 0.224 e. The SMILES string of the molecule is COc1ccc(CCNC(=O)[C@@H]2CCCN(Cc3ccc(F)cc3)C2)cc1. The summed E-state index contributed by atoms with van der Waals surface area (Å²) in [5, 5.41) is 3.07. The predicted molar refractivity (Wildman–Crippen MR) is 104 cm³/mol. The molecule has 1 N–H and O–H groups in total. The molecule has 1 amide bonds. The largest absolute Gasteiger partial charge is 0.497 e. The van der Waals surface area contributed by atoms with Gasteiger partial charge in [0.25, 0.3) is 0 Å². The van der Waals surface area contributed by atoms with Gasteiger partial charge in [-0.05, 0) is 61.2 Å². The molecule has 144 valence electrons. The summed E-state index contributed by atoms with van der Waals surface area (Å²) in [6.07, 6.45) is 2.74. The lowest BCUT2D eigenvalue weighted by atomic mass is 9.96. The number of nitrogens with one attached hydrogen (secondary N) is 1. The fraction of sp³-hybridized carbons (Fsp3) is 0.409. The molecule has 0 unspecified atom stereocenters. The number of benzene rings is 2. The average Bonchev–Trinajstić information content (AvgIpc) is 2.70. The van der Waals surface area contributed by atoms with Gasteiger partial charge >= 0.3 is 0 Å². The highest BCUT2D eigenvalue weighted by atomic mass is 19.1. The van der Waals surface area contributed by atoms with Gasteiger partial charge in [0.2, 0.25) is 5.91 Å². The Bertz CT molecular complexity index is 731. The van der Waals surface area contributed by atoms with Crippen LogP contribution in [-0.2, 0) is 17.8 Å². The number of amides is 1. The maximum atomic E-state index is 13.0. The molecule has 1 aliphatic rings. The van der Waals surface area contributed by atoms with Crippen molar-refractivity contribution in [2.24, 2.45) is 5.92 Å². The minimum atomic E-state index is -0.216. The van der Waals surface area contributed by atoms with Crippen molar-refractivity contribution in [1.29, 1.82) is 0 Å². The highest BCUT2D eigenvalue weighted by Gasteiger charge is 2.25. The van der Waals surface area contributed by atoms with Crippen LogP contribution in [0.25, 0.3) is 0 Å². The van der Waals surface area contributed by atoms with Crippen LogP contribution in [0.5, 0.6) is 5.75 Å². The van der Waals surface area contributed by atoms with Gasteiger partial charge in [-0.25, -0.2) is 4.39 Å². The number of methoxy groups -OCH3 is 1. The van der Waals surface area contributed by atoms with Gasteiger partial charge in [-0.1, -0.05) is 24.3 Å². The van der Waals surface area contributed by atoms with E-state index in [1.165, 1.54) is 17.7 Å². The monoisotopic (exact) mass is 370 g/mol. The van der Waals surface area contributed by atoms with Gasteiger partial charge in [-0.15, -0.1) is 0 Å². The molecule has 2 aromatic carbocycles. The number of hydrogen-bond acceptors (Lipinski definition) is 3. The first kappa shape index (κ1) is 19.4. The highest BCUT2D eigenvalue weighted by Crippen LogP contribution is 2.19. The quantitative estimate of drug-likeness (QED) is 0.812. The van der Waals surface area contributed by atoms with Crippen LogP contribution in [0.2, 0.25) is 0 Å². The van der Waals surface area contributed by atoms with E-state index in [2.05, 4.69) is 10.2 Å². The Morgan fingerprint density at radius 2 is 1.85 bits per heavy atom. The molecule has 1 fully saturated rings. The molecule has 27 heavy (non-hydrogen) atoms.